The Morgan fingerprint density at radius 2 is 1.65 bits per heavy atom. The predicted molar refractivity (Wildman–Crippen MR) is 123 cm³/mol. The molecule has 1 amide bonds. The number of carbonyl (C=O) groups excluding carboxylic acids is 1. The molecule has 6 heteroatoms. The number of carbonyl (C=O) groups is 1. The van der Waals surface area contributed by atoms with Crippen molar-refractivity contribution in [2.45, 2.75) is 31.8 Å². The maximum absolute atomic E-state index is 13.3. The first-order chi connectivity index (χ1) is 14.9. The number of anilines is 1. The number of hydrogen-bond donors (Lipinski definition) is 1. The summed E-state index contributed by atoms with van der Waals surface area (Å²) >= 11 is 0. The number of para-hydroxylation sites is 1. The molecule has 1 aliphatic rings. The van der Waals surface area contributed by atoms with Crippen LogP contribution in [0.2, 0.25) is 0 Å². The minimum Gasteiger partial charge on any atom is -0.345 e. The van der Waals surface area contributed by atoms with E-state index in [1.807, 2.05) is 42.5 Å². The molecule has 4 rings (SSSR count). The smallest absolute Gasteiger partial charge is 0.253 e. The maximum Gasteiger partial charge on any atom is 0.253 e. The lowest BCUT2D eigenvalue weighted by Crippen LogP contribution is -2.34. The van der Waals surface area contributed by atoms with Gasteiger partial charge in [0.2, 0.25) is 10.0 Å². The van der Waals surface area contributed by atoms with Gasteiger partial charge in [-0.25, -0.2) is 8.42 Å². The van der Waals surface area contributed by atoms with E-state index in [9.17, 15) is 13.2 Å². The number of fused-ring (bicyclic) bond motifs is 1. The van der Waals surface area contributed by atoms with Crippen molar-refractivity contribution in [1.29, 1.82) is 0 Å². The van der Waals surface area contributed by atoms with Crippen molar-refractivity contribution in [3.05, 3.63) is 101 Å². The fraction of sp³-hybridized carbons (Fsp3) is 0.240. The zero-order chi connectivity index (χ0) is 21.8. The van der Waals surface area contributed by atoms with Crippen molar-refractivity contribution in [2.24, 2.45) is 0 Å². The van der Waals surface area contributed by atoms with Gasteiger partial charge in [0, 0.05) is 0 Å². The molecule has 1 aliphatic carbocycles. The Kier molecular flexibility index (Phi) is 6.09. The number of rotatable bonds is 6. The van der Waals surface area contributed by atoms with E-state index in [4.69, 9.17) is 0 Å². The Morgan fingerprint density at radius 1 is 0.968 bits per heavy atom. The largest absolute Gasteiger partial charge is 0.345 e. The van der Waals surface area contributed by atoms with Crippen molar-refractivity contribution in [3.8, 4) is 0 Å². The summed E-state index contributed by atoms with van der Waals surface area (Å²) in [5.41, 5.74) is 3.99. The summed E-state index contributed by atoms with van der Waals surface area (Å²) in [6.07, 6.45) is 4.05. The lowest BCUT2D eigenvalue weighted by molar-refractivity contribution is 0.0933. The standard InChI is InChI=1S/C25H26N2O3S/c1-31(29,30)27(18-19-10-3-2-4-11-19)24-17-8-7-15-22(24)25(28)26-23-16-9-13-20-12-5-6-14-21(20)23/h2-8,10-12,14-15,17,23H,9,13,16,18H2,1H3,(H,26,28). The number of sulfonamides is 1. The van der Waals surface area contributed by atoms with Crippen LogP contribution in [0.4, 0.5) is 5.69 Å². The third-order valence-corrected chi connectivity index (χ3v) is 6.79. The summed E-state index contributed by atoms with van der Waals surface area (Å²) in [4.78, 5) is 13.3. The Bertz CT molecular complexity index is 1180. The van der Waals surface area contributed by atoms with Gasteiger partial charge in [-0.2, -0.15) is 0 Å². The SMILES string of the molecule is CS(=O)(=O)N(Cc1ccccc1)c1ccccc1C(=O)NC1CCCc2ccccc21. The number of nitrogens with zero attached hydrogens (tertiary/aromatic N) is 1. The second-order valence-corrected chi connectivity index (χ2v) is 9.80. The van der Waals surface area contributed by atoms with Crippen LogP contribution < -0.4 is 9.62 Å². The third-order valence-electron chi connectivity index (χ3n) is 5.66. The first kappa shape index (κ1) is 21.1. The summed E-state index contributed by atoms with van der Waals surface area (Å²) < 4.78 is 26.6. The Hall–Kier alpha value is -3.12. The van der Waals surface area contributed by atoms with Crippen molar-refractivity contribution < 1.29 is 13.2 Å². The highest BCUT2D eigenvalue weighted by molar-refractivity contribution is 7.92. The van der Waals surface area contributed by atoms with Crippen LogP contribution in [-0.4, -0.2) is 20.6 Å². The summed E-state index contributed by atoms with van der Waals surface area (Å²) in [6, 6.07) is 24.4. The molecule has 0 heterocycles. The van der Waals surface area contributed by atoms with Crippen LogP contribution in [0, 0.1) is 0 Å². The molecular weight excluding hydrogens is 408 g/mol. The molecule has 3 aromatic rings. The van der Waals surface area contributed by atoms with E-state index in [-0.39, 0.29) is 18.5 Å². The number of amides is 1. The van der Waals surface area contributed by atoms with Gasteiger partial charge in [0.25, 0.3) is 5.91 Å². The van der Waals surface area contributed by atoms with E-state index in [0.29, 0.717) is 11.3 Å². The second-order valence-electron chi connectivity index (χ2n) is 7.89. The zero-order valence-corrected chi connectivity index (χ0v) is 18.3. The molecule has 1 unspecified atom stereocenters. The molecule has 5 nitrogen and oxygen atoms in total. The fourth-order valence-corrected chi connectivity index (χ4v) is 5.05. The fourth-order valence-electron chi connectivity index (χ4n) is 4.15. The van der Waals surface area contributed by atoms with Crippen LogP contribution in [0.15, 0.2) is 78.9 Å². The Morgan fingerprint density at radius 3 is 2.42 bits per heavy atom. The van der Waals surface area contributed by atoms with Crippen molar-refractivity contribution >= 4 is 21.6 Å². The van der Waals surface area contributed by atoms with E-state index < -0.39 is 10.0 Å². The number of nitrogens with one attached hydrogen (secondary N) is 1. The Labute approximate surface area is 183 Å². The van der Waals surface area contributed by atoms with Crippen LogP contribution in [0.5, 0.6) is 0 Å². The molecule has 0 aromatic heterocycles. The van der Waals surface area contributed by atoms with Crippen molar-refractivity contribution in [1.82, 2.24) is 5.32 Å². The molecule has 3 aromatic carbocycles. The average molecular weight is 435 g/mol. The van der Waals surface area contributed by atoms with E-state index in [0.717, 1.165) is 30.4 Å². The van der Waals surface area contributed by atoms with E-state index in [2.05, 4.69) is 17.4 Å². The summed E-state index contributed by atoms with van der Waals surface area (Å²) in [7, 11) is -3.60. The molecule has 0 aliphatic heterocycles. The van der Waals surface area contributed by atoms with Crippen LogP contribution in [0.25, 0.3) is 0 Å². The minimum absolute atomic E-state index is 0.0775. The maximum atomic E-state index is 13.3. The first-order valence-corrected chi connectivity index (χ1v) is 12.3. The minimum atomic E-state index is -3.60. The molecule has 0 radical (unpaired) electrons. The van der Waals surface area contributed by atoms with E-state index >= 15 is 0 Å². The van der Waals surface area contributed by atoms with Gasteiger partial charge in [0.1, 0.15) is 0 Å². The number of hydrogen-bond acceptors (Lipinski definition) is 3. The summed E-state index contributed by atoms with van der Waals surface area (Å²) in [5, 5.41) is 3.14. The van der Waals surface area contributed by atoms with Gasteiger partial charge in [0.15, 0.2) is 0 Å². The lowest BCUT2D eigenvalue weighted by atomic mass is 9.87. The van der Waals surface area contributed by atoms with Crippen molar-refractivity contribution in [2.75, 3.05) is 10.6 Å². The van der Waals surface area contributed by atoms with Gasteiger partial charge in [0.05, 0.1) is 30.1 Å². The normalized spacial score (nSPS) is 15.7. The van der Waals surface area contributed by atoms with Gasteiger partial charge in [-0.15, -0.1) is 0 Å². The molecule has 0 saturated carbocycles. The molecule has 160 valence electrons. The summed E-state index contributed by atoms with van der Waals surface area (Å²) in [6.45, 7) is 0.163. The zero-order valence-electron chi connectivity index (χ0n) is 17.5. The van der Waals surface area contributed by atoms with Gasteiger partial charge in [-0.1, -0.05) is 66.7 Å². The van der Waals surface area contributed by atoms with Gasteiger partial charge >= 0.3 is 0 Å². The Balaban J connectivity index is 1.65. The van der Waals surface area contributed by atoms with Crippen molar-refractivity contribution in [3.63, 3.8) is 0 Å². The van der Waals surface area contributed by atoms with Crippen LogP contribution in [0.3, 0.4) is 0 Å². The van der Waals surface area contributed by atoms with Gasteiger partial charge < -0.3 is 5.32 Å². The number of aryl methyl sites for hydroxylation is 1. The highest BCUT2D eigenvalue weighted by atomic mass is 32.2. The predicted octanol–water partition coefficient (Wildman–Crippen LogP) is 4.46. The third kappa shape index (κ3) is 4.80. The van der Waals surface area contributed by atoms with Gasteiger partial charge in [-0.05, 0) is 48.1 Å². The lowest BCUT2D eigenvalue weighted by Gasteiger charge is -2.28. The van der Waals surface area contributed by atoms with Gasteiger partial charge in [-0.3, -0.25) is 9.10 Å². The topological polar surface area (TPSA) is 66.5 Å². The molecular formula is C25H26N2O3S. The highest BCUT2D eigenvalue weighted by Gasteiger charge is 2.26. The monoisotopic (exact) mass is 434 g/mol. The molecule has 1 atom stereocenters. The highest BCUT2D eigenvalue weighted by Crippen LogP contribution is 2.31. The first-order valence-electron chi connectivity index (χ1n) is 10.4. The molecule has 1 N–H and O–H groups in total. The molecule has 0 spiro atoms. The molecule has 0 fully saturated rings. The van der Waals surface area contributed by atoms with Crippen LogP contribution >= 0.6 is 0 Å². The quantitative estimate of drug-likeness (QED) is 0.623. The second kappa shape index (κ2) is 8.94. The average Bonchev–Trinajstić information content (AvgIpc) is 2.78. The number of benzene rings is 3. The van der Waals surface area contributed by atoms with E-state index in [1.165, 1.54) is 16.1 Å². The summed E-state index contributed by atoms with van der Waals surface area (Å²) in [5.74, 6) is -0.265. The van der Waals surface area contributed by atoms with E-state index in [1.54, 1.807) is 24.3 Å². The molecule has 0 bridgehead atoms. The van der Waals surface area contributed by atoms with Crippen LogP contribution in [0.1, 0.15) is 45.9 Å². The molecule has 0 saturated heterocycles. The van der Waals surface area contributed by atoms with Crippen LogP contribution in [-0.2, 0) is 23.0 Å². The molecule has 31 heavy (non-hydrogen) atoms.